The zero-order valence-corrected chi connectivity index (χ0v) is 14.2. The Morgan fingerprint density at radius 1 is 0.615 bits per heavy atom. The Bertz CT molecular complexity index is 1250. The molecule has 0 atom stereocenters. The van der Waals surface area contributed by atoms with Gasteiger partial charge in [0.2, 0.25) is 0 Å². The van der Waals surface area contributed by atoms with Crippen LogP contribution in [0.15, 0.2) is 78.9 Å². The molecule has 0 fully saturated rings. The minimum atomic E-state index is 1.31. The fourth-order valence-corrected chi connectivity index (χ4v) is 4.46. The molecule has 0 amide bonds. The summed E-state index contributed by atoms with van der Waals surface area (Å²) >= 11 is 0. The first-order valence-corrected chi connectivity index (χ1v) is 9.05. The molecule has 0 heteroatoms. The molecule has 0 heterocycles. The molecular formula is C26H16+2. The van der Waals surface area contributed by atoms with Gasteiger partial charge in [0.15, 0.2) is 5.56 Å². The molecular weight excluding hydrogens is 312 g/mol. The maximum absolute atomic E-state index is 2.28. The summed E-state index contributed by atoms with van der Waals surface area (Å²) in [6, 6.07) is 24.3. The summed E-state index contributed by atoms with van der Waals surface area (Å²) in [7, 11) is 0. The Balaban J connectivity index is 1.66. The normalized spacial score (nSPS) is 14.1. The van der Waals surface area contributed by atoms with Crippen molar-refractivity contribution < 1.29 is 0 Å². The standard InChI is InChI=1S/C26H16/c1-5-17-9-3-11-23-21(15-13-19(7-1)25(17)23)22-16-14-20-8-2-6-18-10-4-12-24(22)26(18)20/h1-16H/q+2. The van der Waals surface area contributed by atoms with Gasteiger partial charge in [-0.15, -0.1) is 0 Å². The second kappa shape index (κ2) is 5.06. The third kappa shape index (κ3) is 1.79. The molecule has 0 saturated carbocycles. The lowest BCUT2D eigenvalue weighted by Gasteiger charge is -2.16. The Morgan fingerprint density at radius 2 is 1.35 bits per heavy atom. The van der Waals surface area contributed by atoms with E-state index < -0.39 is 0 Å². The van der Waals surface area contributed by atoms with Crippen molar-refractivity contribution >= 4 is 33.7 Å². The molecule has 0 saturated heterocycles. The molecule has 6 rings (SSSR count). The predicted octanol–water partition coefficient (Wildman–Crippen LogP) is 6.57. The zero-order valence-electron chi connectivity index (χ0n) is 14.2. The van der Waals surface area contributed by atoms with E-state index in [2.05, 4.69) is 97.5 Å². The minimum absolute atomic E-state index is 1.31. The summed E-state index contributed by atoms with van der Waals surface area (Å²) in [6.07, 6.45) is 11.2. The molecule has 26 heavy (non-hydrogen) atoms. The summed E-state index contributed by atoms with van der Waals surface area (Å²) in [5.74, 6) is 1.31. The molecule has 0 bridgehead atoms. The fraction of sp³-hybridized carbons (Fsp3) is 0. The van der Waals surface area contributed by atoms with E-state index in [-0.39, 0.29) is 0 Å². The van der Waals surface area contributed by atoms with E-state index in [1.54, 1.807) is 0 Å². The highest BCUT2D eigenvalue weighted by molar-refractivity contribution is 6.01. The van der Waals surface area contributed by atoms with Gasteiger partial charge in [-0.2, -0.15) is 0 Å². The van der Waals surface area contributed by atoms with Gasteiger partial charge in [-0.1, -0.05) is 12.1 Å². The Labute approximate surface area is 153 Å². The zero-order chi connectivity index (χ0) is 17.1. The van der Waals surface area contributed by atoms with E-state index in [1.165, 1.54) is 55.3 Å². The van der Waals surface area contributed by atoms with E-state index >= 15 is 0 Å². The summed E-state index contributed by atoms with van der Waals surface area (Å²) in [6.45, 7) is 0. The molecule has 0 aliphatic heterocycles. The number of allylic oxidation sites excluding steroid dienone is 2. The van der Waals surface area contributed by atoms with E-state index in [0.717, 1.165) is 0 Å². The van der Waals surface area contributed by atoms with Gasteiger partial charge in [0.25, 0.3) is 0 Å². The smallest absolute Gasteiger partial charge is 0.0593 e. The molecule has 0 spiro atoms. The largest absolute Gasteiger partial charge is 0.164 e. The SMILES string of the molecule is C1=Cc2cccc3ccc([C+]4C=Cc5cccc6cccc4c56)c(c23)[CH+]1. The average Bonchev–Trinajstić information content (AvgIpc) is 2.70. The third-order valence-electron chi connectivity index (χ3n) is 5.60. The Kier molecular flexibility index (Phi) is 2.70. The second-order valence-corrected chi connectivity index (χ2v) is 7.00. The van der Waals surface area contributed by atoms with Crippen LogP contribution >= 0.6 is 0 Å². The highest BCUT2D eigenvalue weighted by Crippen LogP contribution is 2.42. The highest BCUT2D eigenvalue weighted by atomic mass is 14.3. The van der Waals surface area contributed by atoms with E-state index in [4.69, 9.17) is 0 Å². The van der Waals surface area contributed by atoms with Crippen LogP contribution in [0.5, 0.6) is 0 Å². The van der Waals surface area contributed by atoms with Gasteiger partial charge in [-0.3, -0.25) is 0 Å². The van der Waals surface area contributed by atoms with Crippen LogP contribution in [0.2, 0.25) is 0 Å². The molecule has 0 radical (unpaired) electrons. The predicted molar refractivity (Wildman–Crippen MR) is 111 cm³/mol. The van der Waals surface area contributed by atoms with E-state index in [1.807, 2.05) is 0 Å². The Morgan fingerprint density at radius 3 is 2.19 bits per heavy atom. The van der Waals surface area contributed by atoms with Gasteiger partial charge in [-0.05, 0) is 54.6 Å². The quantitative estimate of drug-likeness (QED) is 0.347. The van der Waals surface area contributed by atoms with Crippen LogP contribution in [0.3, 0.4) is 0 Å². The number of benzene rings is 4. The van der Waals surface area contributed by atoms with E-state index in [0.29, 0.717) is 0 Å². The van der Waals surface area contributed by atoms with Gasteiger partial charge in [-0.25, -0.2) is 0 Å². The van der Waals surface area contributed by atoms with Crippen molar-refractivity contribution in [2.75, 3.05) is 0 Å². The van der Waals surface area contributed by atoms with Crippen molar-refractivity contribution in [2.45, 2.75) is 0 Å². The van der Waals surface area contributed by atoms with Gasteiger partial charge < -0.3 is 0 Å². The van der Waals surface area contributed by atoms with Crippen LogP contribution in [0, 0.1) is 12.3 Å². The lowest BCUT2D eigenvalue weighted by molar-refractivity contribution is 1.28. The molecule has 0 N–H and O–H groups in total. The van der Waals surface area contributed by atoms with Crippen LogP contribution in [0.4, 0.5) is 0 Å². The van der Waals surface area contributed by atoms with Crippen LogP contribution in [-0.2, 0) is 0 Å². The van der Waals surface area contributed by atoms with Gasteiger partial charge in [0, 0.05) is 40.6 Å². The van der Waals surface area contributed by atoms with Crippen molar-refractivity contribution in [1.29, 1.82) is 0 Å². The van der Waals surface area contributed by atoms with Crippen molar-refractivity contribution in [3.63, 3.8) is 0 Å². The monoisotopic (exact) mass is 328 g/mol. The number of hydrogen-bond acceptors (Lipinski definition) is 0. The summed E-state index contributed by atoms with van der Waals surface area (Å²) in [4.78, 5) is 0. The van der Waals surface area contributed by atoms with Gasteiger partial charge in [0.05, 0.1) is 22.9 Å². The lowest BCUT2D eigenvalue weighted by atomic mass is 9.78. The summed E-state index contributed by atoms with van der Waals surface area (Å²) in [5.41, 5.74) is 6.59. The minimum Gasteiger partial charge on any atom is -0.0593 e. The molecule has 0 nitrogen and oxygen atoms in total. The number of hydrogen-bond donors (Lipinski definition) is 0. The lowest BCUT2D eigenvalue weighted by Crippen LogP contribution is -2.08. The second-order valence-electron chi connectivity index (χ2n) is 7.00. The van der Waals surface area contributed by atoms with Gasteiger partial charge >= 0.3 is 0 Å². The molecule has 4 aromatic rings. The molecule has 4 aromatic carbocycles. The summed E-state index contributed by atoms with van der Waals surface area (Å²) in [5, 5.41) is 5.33. The maximum atomic E-state index is 2.28. The van der Waals surface area contributed by atoms with Crippen LogP contribution in [0.1, 0.15) is 27.8 Å². The first kappa shape index (κ1) is 13.9. The average molecular weight is 328 g/mol. The maximum Gasteiger partial charge on any atom is 0.164 e. The fourth-order valence-electron chi connectivity index (χ4n) is 4.46. The van der Waals surface area contributed by atoms with Crippen LogP contribution in [-0.4, -0.2) is 0 Å². The first-order chi connectivity index (χ1) is 12.9. The van der Waals surface area contributed by atoms with Crippen molar-refractivity contribution in [3.05, 3.63) is 119 Å². The Hall–Kier alpha value is -3.38. The molecule has 2 aliphatic rings. The van der Waals surface area contributed by atoms with Crippen LogP contribution in [0.25, 0.3) is 33.7 Å². The first-order valence-electron chi connectivity index (χ1n) is 9.05. The summed E-state index contributed by atoms with van der Waals surface area (Å²) < 4.78 is 0. The molecule has 118 valence electrons. The van der Waals surface area contributed by atoms with E-state index in [9.17, 15) is 0 Å². The number of rotatable bonds is 1. The highest BCUT2D eigenvalue weighted by Gasteiger charge is 2.33. The van der Waals surface area contributed by atoms with Crippen LogP contribution < -0.4 is 0 Å². The third-order valence-corrected chi connectivity index (χ3v) is 5.60. The van der Waals surface area contributed by atoms with Crippen molar-refractivity contribution in [3.8, 4) is 0 Å². The topological polar surface area (TPSA) is 0 Å². The molecule has 2 aliphatic carbocycles. The van der Waals surface area contributed by atoms with Crippen molar-refractivity contribution in [2.24, 2.45) is 0 Å². The molecule has 0 aromatic heterocycles. The van der Waals surface area contributed by atoms with Gasteiger partial charge in [0.1, 0.15) is 16.9 Å². The molecule has 0 unspecified atom stereocenters. The van der Waals surface area contributed by atoms with Crippen molar-refractivity contribution in [1.82, 2.24) is 0 Å².